The summed E-state index contributed by atoms with van der Waals surface area (Å²) in [5, 5.41) is 14.5. The molecule has 21 heavy (non-hydrogen) atoms. The van der Waals surface area contributed by atoms with Crippen molar-refractivity contribution < 1.29 is 14.7 Å². The maximum atomic E-state index is 12.1. The molecule has 2 heterocycles. The predicted molar refractivity (Wildman–Crippen MR) is 76.3 cm³/mol. The highest BCUT2D eigenvalue weighted by molar-refractivity contribution is 6.19. The minimum atomic E-state index is -1.01. The minimum absolute atomic E-state index is 0.156. The van der Waals surface area contributed by atoms with Crippen molar-refractivity contribution in [3.05, 3.63) is 59.9 Å². The molecule has 1 aromatic heterocycles. The molecule has 0 spiro atoms. The molecule has 0 saturated heterocycles. The highest BCUT2D eigenvalue weighted by atomic mass is 16.4. The van der Waals surface area contributed by atoms with E-state index in [1.54, 1.807) is 30.6 Å². The molecule has 0 fully saturated rings. The number of pyridine rings is 1. The number of nitrogens with zero attached hydrogens (tertiary/aromatic N) is 3. The fraction of sp³-hybridized carbons (Fsp3) is 0.0667. The standard InChI is InChI=1S/C15H11N3O3/c19-14-8-13(11-2-1-7-16-9-11)17-18(14)12-5-3-10(4-6-12)15(20)21/h1-7,9H,8H2,(H,20,21). The average Bonchev–Trinajstić information content (AvgIpc) is 2.90. The first-order valence-corrected chi connectivity index (χ1v) is 6.29. The Kier molecular flexibility index (Phi) is 3.19. The van der Waals surface area contributed by atoms with Gasteiger partial charge in [0.2, 0.25) is 0 Å². The maximum absolute atomic E-state index is 12.1. The van der Waals surface area contributed by atoms with E-state index in [9.17, 15) is 9.59 Å². The second-order valence-electron chi connectivity index (χ2n) is 4.52. The molecule has 2 aromatic rings. The molecule has 1 aromatic carbocycles. The third-order valence-electron chi connectivity index (χ3n) is 3.13. The molecule has 6 heteroatoms. The van der Waals surface area contributed by atoms with Crippen LogP contribution in [0.5, 0.6) is 0 Å². The number of anilines is 1. The van der Waals surface area contributed by atoms with E-state index in [1.165, 1.54) is 17.1 Å². The Labute approximate surface area is 120 Å². The summed E-state index contributed by atoms with van der Waals surface area (Å²) < 4.78 is 0. The second-order valence-corrected chi connectivity index (χ2v) is 4.52. The highest BCUT2D eigenvalue weighted by Crippen LogP contribution is 2.23. The summed E-state index contributed by atoms with van der Waals surface area (Å²) in [5.74, 6) is -1.16. The van der Waals surface area contributed by atoms with E-state index in [0.29, 0.717) is 11.4 Å². The summed E-state index contributed by atoms with van der Waals surface area (Å²) in [6.45, 7) is 0. The van der Waals surface area contributed by atoms with E-state index < -0.39 is 5.97 Å². The lowest BCUT2D eigenvalue weighted by atomic mass is 10.1. The van der Waals surface area contributed by atoms with Gasteiger partial charge in [0.25, 0.3) is 5.91 Å². The fourth-order valence-electron chi connectivity index (χ4n) is 2.07. The van der Waals surface area contributed by atoms with E-state index in [1.807, 2.05) is 6.07 Å². The molecule has 6 nitrogen and oxygen atoms in total. The zero-order valence-electron chi connectivity index (χ0n) is 10.9. The van der Waals surface area contributed by atoms with E-state index in [2.05, 4.69) is 10.1 Å². The highest BCUT2D eigenvalue weighted by Gasteiger charge is 2.26. The fourth-order valence-corrected chi connectivity index (χ4v) is 2.07. The quantitative estimate of drug-likeness (QED) is 0.931. The van der Waals surface area contributed by atoms with Gasteiger partial charge in [-0.2, -0.15) is 5.10 Å². The molecular weight excluding hydrogens is 270 g/mol. The molecule has 1 aliphatic rings. The Morgan fingerprint density at radius 3 is 2.57 bits per heavy atom. The van der Waals surface area contributed by atoms with Crippen LogP contribution in [0.25, 0.3) is 0 Å². The Bertz CT molecular complexity index is 724. The van der Waals surface area contributed by atoms with Gasteiger partial charge in [-0.25, -0.2) is 9.80 Å². The van der Waals surface area contributed by atoms with E-state index in [4.69, 9.17) is 5.11 Å². The minimum Gasteiger partial charge on any atom is -0.478 e. The topological polar surface area (TPSA) is 82.9 Å². The lowest BCUT2D eigenvalue weighted by Gasteiger charge is -2.11. The van der Waals surface area contributed by atoms with Crippen LogP contribution in [0.1, 0.15) is 22.3 Å². The normalized spacial score (nSPS) is 14.2. The SMILES string of the molecule is O=C(O)c1ccc(N2N=C(c3cccnc3)CC2=O)cc1. The first-order valence-electron chi connectivity index (χ1n) is 6.29. The predicted octanol–water partition coefficient (Wildman–Crippen LogP) is 1.92. The number of aromatic nitrogens is 1. The van der Waals surface area contributed by atoms with Gasteiger partial charge in [0, 0.05) is 18.0 Å². The van der Waals surface area contributed by atoms with Crippen LogP contribution in [0.4, 0.5) is 5.69 Å². The van der Waals surface area contributed by atoms with E-state index >= 15 is 0 Å². The van der Waals surface area contributed by atoms with Crippen molar-refractivity contribution in [2.24, 2.45) is 5.10 Å². The van der Waals surface area contributed by atoms with Gasteiger partial charge >= 0.3 is 5.97 Å². The van der Waals surface area contributed by atoms with Crippen LogP contribution in [0.2, 0.25) is 0 Å². The zero-order chi connectivity index (χ0) is 14.8. The van der Waals surface area contributed by atoms with Gasteiger partial charge in [-0.05, 0) is 36.4 Å². The number of hydrazone groups is 1. The molecule has 1 aliphatic heterocycles. The Morgan fingerprint density at radius 2 is 1.95 bits per heavy atom. The monoisotopic (exact) mass is 281 g/mol. The lowest BCUT2D eigenvalue weighted by molar-refractivity contribution is -0.116. The molecule has 0 bridgehead atoms. The van der Waals surface area contributed by atoms with Gasteiger partial charge in [-0.15, -0.1) is 0 Å². The van der Waals surface area contributed by atoms with Gasteiger partial charge in [-0.1, -0.05) is 0 Å². The number of hydrogen-bond donors (Lipinski definition) is 1. The number of amides is 1. The van der Waals surface area contributed by atoms with Crippen molar-refractivity contribution >= 4 is 23.3 Å². The molecule has 0 saturated carbocycles. The van der Waals surface area contributed by atoms with Crippen molar-refractivity contribution in [3.63, 3.8) is 0 Å². The van der Waals surface area contributed by atoms with Gasteiger partial charge in [-0.3, -0.25) is 9.78 Å². The smallest absolute Gasteiger partial charge is 0.335 e. The summed E-state index contributed by atoms with van der Waals surface area (Å²) >= 11 is 0. The molecule has 1 N–H and O–H groups in total. The van der Waals surface area contributed by atoms with Crippen LogP contribution < -0.4 is 5.01 Å². The number of hydrogen-bond acceptors (Lipinski definition) is 4. The van der Waals surface area contributed by atoms with Crippen molar-refractivity contribution in [1.29, 1.82) is 0 Å². The largest absolute Gasteiger partial charge is 0.478 e. The summed E-state index contributed by atoms with van der Waals surface area (Å²) in [6.07, 6.45) is 3.51. The van der Waals surface area contributed by atoms with Gasteiger partial charge in [0.15, 0.2) is 0 Å². The summed E-state index contributed by atoms with van der Waals surface area (Å²) in [5.41, 5.74) is 2.16. The Morgan fingerprint density at radius 1 is 1.19 bits per heavy atom. The number of rotatable bonds is 3. The number of carbonyl (C=O) groups is 2. The number of aromatic carboxylic acids is 1. The Hall–Kier alpha value is -3.02. The third-order valence-corrected chi connectivity index (χ3v) is 3.13. The number of carboxylic acids is 1. The lowest BCUT2D eigenvalue weighted by Crippen LogP contribution is -2.19. The molecule has 0 aliphatic carbocycles. The number of carbonyl (C=O) groups excluding carboxylic acids is 1. The molecule has 0 radical (unpaired) electrons. The van der Waals surface area contributed by atoms with Crippen molar-refractivity contribution in [2.75, 3.05) is 5.01 Å². The van der Waals surface area contributed by atoms with E-state index in [0.717, 1.165) is 5.56 Å². The zero-order valence-corrected chi connectivity index (χ0v) is 10.9. The van der Waals surface area contributed by atoms with E-state index in [-0.39, 0.29) is 17.9 Å². The van der Waals surface area contributed by atoms with Gasteiger partial charge in [0.05, 0.1) is 23.4 Å². The van der Waals surface area contributed by atoms with Crippen molar-refractivity contribution in [1.82, 2.24) is 4.98 Å². The first-order chi connectivity index (χ1) is 10.1. The van der Waals surface area contributed by atoms with Crippen molar-refractivity contribution in [3.8, 4) is 0 Å². The number of carboxylic acid groups (broad SMARTS) is 1. The molecular formula is C15H11N3O3. The van der Waals surface area contributed by atoms with Crippen LogP contribution in [-0.2, 0) is 4.79 Å². The molecule has 0 atom stereocenters. The summed E-state index contributed by atoms with van der Waals surface area (Å²) in [4.78, 5) is 26.9. The van der Waals surface area contributed by atoms with Crippen LogP contribution in [0.3, 0.4) is 0 Å². The molecule has 104 valence electrons. The molecule has 3 rings (SSSR count). The number of benzene rings is 1. The third kappa shape index (κ3) is 2.51. The van der Waals surface area contributed by atoms with Gasteiger partial charge < -0.3 is 5.11 Å². The van der Waals surface area contributed by atoms with Crippen LogP contribution in [-0.4, -0.2) is 27.7 Å². The van der Waals surface area contributed by atoms with Crippen LogP contribution in [0, 0.1) is 0 Å². The summed E-state index contributed by atoms with van der Waals surface area (Å²) in [7, 11) is 0. The second kappa shape index (κ2) is 5.16. The average molecular weight is 281 g/mol. The first kappa shape index (κ1) is 13.0. The summed E-state index contributed by atoms with van der Waals surface area (Å²) in [6, 6.07) is 9.65. The van der Waals surface area contributed by atoms with Crippen LogP contribution in [0.15, 0.2) is 53.9 Å². The maximum Gasteiger partial charge on any atom is 0.335 e. The van der Waals surface area contributed by atoms with Crippen molar-refractivity contribution in [2.45, 2.75) is 6.42 Å². The molecule has 0 unspecified atom stereocenters. The van der Waals surface area contributed by atoms with Gasteiger partial charge in [0.1, 0.15) is 0 Å². The van der Waals surface area contributed by atoms with Crippen LogP contribution >= 0.6 is 0 Å². The Balaban J connectivity index is 1.90. The molecule has 1 amide bonds.